The first-order valence-electron chi connectivity index (χ1n) is 51.7. The second-order valence-corrected chi connectivity index (χ2v) is 42.8. The highest BCUT2D eigenvalue weighted by Crippen LogP contribution is 2.55. The second-order valence-electron chi connectivity index (χ2n) is 41.4. The lowest BCUT2D eigenvalue weighted by Gasteiger charge is -2.39. The molecule has 20 rings (SSSR count). The van der Waals surface area contributed by atoms with Crippen LogP contribution in [0.25, 0.3) is 39.0 Å². The Labute approximate surface area is 857 Å². The van der Waals surface area contributed by atoms with Crippen LogP contribution in [0.1, 0.15) is 315 Å². The van der Waals surface area contributed by atoms with Crippen LogP contribution in [0.2, 0.25) is 0 Å². The molecule has 0 saturated heterocycles. The van der Waals surface area contributed by atoms with Crippen LogP contribution in [0.3, 0.4) is 0 Å². The Morgan fingerprint density at radius 1 is 0.510 bits per heavy atom. The number of hydrogen-bond donors (Lipinski definition) is 9. The molecule has 8 heterocycles. The van der Waals surface area contributed by atoms with E-state index in [2.05, 4.69) is 155 Å². The first-order valence-corrected chi connectivity index (χ1v) is 53.1. The summed E-state index contributed by atoms with van der Waals surface area (Å²) < 4.78 is 62.9. The zero-order valence-corrected chi connectivity index (χ0v) is 87.7. The van der Waals surface area contributed by atoms with Crippen LogP contribution in [-0.4, -0.2) is 125 Å². The van der Waals surface area contributed by atoms with Gasteiger partial charge >= 0.3 is 23.9 Å². The van der Waals surface area contributed by atoms with Crippen molar-refractivity contribution in [1.82, 2.24) is 4.58 Å². The van der Waals surface area contributed by atoms with Crippen molar-refractivity contribution in [2.75, 3.05) is 49.9 Å². The molecule has 3 aliphatic carbocycles. The number of nitrogens with one attached hydrogen (secondary N) is 2. The predicted octanol–water partition coefficient (Wildman–Crippen LogP) is 17.5. The molecule has 9 aromatic rings. The van der Waals surface area contributed by atoms with Gasteiger partial charge in [-0.15, -0.1) is 0 Å². The molecule has 25 heteroatoms. The minimum Gasteiger partial charge on any atom is -0.478 e. The number of fused-ring (bicyclic) bond motifs is 10. The van der Waals surface area contributed by atoms with Crippen LogP contribution in [0.5, 0.6) is 23.0 Å². The third kappa shape index (κ3) is 19.8. The van der Waals surface area contributed by atoms with Crippen LogP contribution in [-0.2, 0) is 48.6 Å². The van der Waals surface area contributed by atoms with Crippen LogP contribution >= 0.6 is 0 Å². The number of carboxylic acid groups (broad SMARTS) is 4. The maximum Gasteiger partial charge on any atom is 0.336 e. The Morgan fingerprint density at radius 3 is 1.51 bits per heavy atom. The van der Waals surface area contributed by atoms with E-state index < -0.39 is 38.9 Å². The van der Waals surface area contributed by atoms with Gasteiger partial charge in [0.05, 0.1) is 39.1 Å². The number of aryl methyl sites for hydroxylation is 6. The Hall–Kier alpha value is -14.6. The number of Topliss-reactive ketones (excluding diaryl/α,β-unsaturated/α-hetero) is 3. The van der Waals surface area contributed by atoms with Crippen LogP contribution in [0, 0.1) is 50.4 Å². The monoisotopic (exact) mass is 2000 g/mol. The molecule has 4 unspecified atom stereocenters. The topological polar surface area (TPSA) is 381 Å². The van der Waals surface area contributed by atoms with Crippen LogP contribution < -0.4 is 60.7 Å². The van der Waals surface area contributed by atoms with E-state index in [0.29, 0.717) is 49.9 Å². The molecule has 0 amide bonds. The number of benzene rings is 10. The van der Waals surface area contributed by atoms with Gasteiger partial charge in [-0.3, -0.25) is 24.3 Å². The van der Waals surface area contributed by atoms with Crippen molar-refractivity contribution < 1.29 is 101 Å². The maximum absolute atomic E-state index is 12.9. The molecule has 8 aliphatic heterocycles. The van der Waals surface area contributed by atoms with Crippen molar-refractivity contribution in [2.24, 2.45) is 29.6 Å². The molecule has 760 valence electrons. The number of nitrogen functional groups attached to an aromatic ring is 1. The van der Waals surface area contributed by atoms with Crippen molar-refractivity contribution in [3.8, 4) is 45.4 Å². The first-order chi connectivity index (χ1) is 70.1. The van der Waals surface area contributed by atoms with E-state index >= 15 is 0 Å². The molecule has 0 fully saturated rings. The third-order valence-electron chi connectivity index (χ3n) is 30.2. The van der Waals surface area contributed by atoms with E-state index in [1.807, 2.05) is 58.0 Å². The lowest BCUT2D eigenvalue weighted by Crippen LogP contribution is -2.72. The zero-order chi connectivity index (χ0) is 105. The minimum atomic E-state index is -4.82. The molecule has 9 aromatic carbocycles. The number of hydrogen-bond acceptors (Lipinski definition) is 15. The van der Waals surface area contributed by atoms with Gasteiger partial charge in [0.15, 0.2) is 27.8 Å². The number of anilines is 2. The quantitative estimate of drug-likeness (QED) is 0.0100. The average molecular weight is 2000 g/mol. The SMILES string of the molecule is CC(C)C(=O)c1ccc(C2=c3cc4c5c(c3Oc3c2cc2c6c3CCCN6CCC2)CCC[N+]=5CCC4)c(C(=O)O)c1.CCCc1cc2c(cc1C)C(c1ccc(C(=O)C(C)C)cc1C(=O)O)C1C=C(C)C(=[NH+]CC)C=C1O2.CCCc1cc2c(cc1C)C(c1ccc(C(C)C)cc1C(=O)O)C1C=C(C)C(=[NH+]CC)C=C1O2.Cc1c2oc3c(S(=O)(=O)O)c(N)ccc3c(-c3ccc(C(=O)C(C)C)cc3C(=O)O)c-2ccc1=[NH2+]. The lowest BCUT2D eigenvalue weighted by atomic mass is 9.72. The number of ketones is 3. The number of ether oxygens (including phenoxy) is 3. The fraction of sp³-hybridized carbons (Fsp3) is 0.352. The Kier molecular flexibility index (Phi) is 29.8. The standard InChI is InChI=1S/C36H36N2O4.C31H35NO4.C30H35NO3.C25H22N2O7S/c1-20(2)33(39)23-11-12-24(27(19-23)36(40)41)30-28-17-21-7-3-13-37-15-5-9-25(31(21)37)34(28)42-35-26-10-6-16-38-14-4-8-22(32(26)38)18-29(30)35;1-7-9-20-15-27-24(12-18(20)5)29(25-13-19(6)26(32-8-2)16-28(25)36-27)22-11-10-21(30(33)17(3)4)14-23(22)31(34)35;1-7-9-21-15-27-24(12-18(21)5)29(22-11-10-20(17(3)4)14-23(22)30(32)33)25-13-19(6)26(31-8-2)16-28(25)34-27;1-11(2)21(28)13-4-5-14(17(10-13)25(29)30)20-15-6-8-18(26)12(3)22(15)34-23-16(20)7-9-19(27)24(23)35(31,32)33/h11-12,17-20H,3-10,13-16H2,1-2H3;10-17,25,29H,7-9H2,1-6H3,(H,34,35);10-17,25,29H,7-9H2,1-6H3,(H,32,33);4-11,26H,27H2,1-3H3,(H,29,30)(H,31,32,33)/p+4. The van der Waals surface area contributed by atoms with Gasteiger partial charge in [-0.1, -0.05) is 155 Å². The summed E-state index contributed by atoms with van der Waals surface area (Å²) in [5.74, 6) is -0.310. The molecular formula is C122H132N6O18S+4. The number of aromatic carboxylic acids is 4. The van der Waals surface area contributed by atoms with E-state index in [1.54, 1.807) is 51.1 Å². The van der Waals surface area contributed by atoms with Crippen molar-refractivity contribution in [3.63, 3.8) is 0 Å². The molecule has 0 spiro atoms. The van der Waals surface area contributed by atoms with E-state index in [0.717, 1.165) is 212 Å². The molecule has 0 saturated carbocycles. The number of rotatable bonds is 22. The van der Waals surface area contributed by atoms with E-state index in [9.17, 15) is 67.0 Å². The summed E-state index contributed by atoms with van der Waals surface area (Å²) in [6.07, 6.45) is 21.0. The molecular weight excluding hydrogens is 1870 g/mol. The van der Waals surface area contributed by atoms with Gasteiger partial charge in [-0.05, 0) is 228 Å². The van der Waals surface area contributed by atoms with E-state index in [4.69, 9.17) is 29.8 Å². The van der Waals surface area contributed by atoms with Crippen LogP contribution in [0.4, 0.5) is 11.4 Å². The summed E-state index contributed by atoms with van der Waals surface area (Å²) >= 11 is 0. The maximum atomic E-state index is 12.9. The molecule has 11 N–H and O–H groups in total. The number of nitrogens with two attached hydrogens (primary N) is 2. The number of carbonyl (C=O) groups excluding carboxylic acids is 3. The molecule has 0 aromatic heterocycles. The highest BCUT2D eigenvalue weighted by molar-refractivity contribution is 7.86. The normalized spacial score (nSPS) is 17.6. The van der Waals surface area contributed by atoms with Gasteiger partial charge in [0.1, 0.15) is 66.5 Å². The summed E-state index contributed by atoms with van der Waals surface area (Å²) in [5, 5.41) is 50.0. The molecule has 0 radical (unpaired) electrons. The summed E-state index contributed by atoms with van der Waals surface area (Å²) in [6.45, 7) is 39.5. The molecule has 0 bridgehead atoms. The van der Waals surface area contributed by atoms with Gasteiger partial charge < -0.3 is 49.7 Å². The number of allylic oxidation sites excluding steroid dienone is 6. The molecule has 24 nitrogen and oxygen atoms in total. The highest BCUT2D eigenvalue weighted by atomic mass is 32.2. The summed E-state index contributed by atoms with van der Waals surface area (Å²) in [5.41, 5.74) is 31.6. The Bertz CT molecular complexity index is 7880. The molecule has 147 heavy (non-hydrogen) atoms. The highest BCUT2D eigenvalue weighted by Gasteiger charge is 2.45. The van der Waals surface area contributed by atoms with E-state index in [-0.39, 0.29) is 115 Å². The van der Waals surface area contributed by atoms with Gasteiger partial charge in [-0.2, -0.15) is 8.42 Å². The van der Waals surface area contributed by atoms with Crippen molar-refractivity contribution in [1.29, 1.82) is 0 Å². The fourth-order valence-electron chi connectivity index (χ4n) is 22.9. The number of nitrogens with zero attached hydrogens (tertiary/aromatic N) is 2. The third-order valence-corrected chi connectivity index (χ3v) is 31.1. The van der Waals surface area contributed by atoms with Crippen molar-refractivity contribution in [2.45, 2.75) is 217 Å². The van der Waals surface area contributed by atoms with Gasteiger partial charge in [0.25, 0.3) is 10.1 Å². The number of carbonyl (C=O) groups is 7. The molecule has 11 aliphatic rings. The lowest BCUT2D eigenvalue weighted by molar-refractivity contribution is -0.451. The number of carboxylic acids is 4. The van der Waals surface area contributed by atoms with E-state index in [1.165, 1.54) is 85.9 Å². The van der Waals surface area contributed by atoms with Crippen molar-refractivity contribution >= 4 is 90.7 Å². The van der Waals surface area contributed by atoms with Crippen LogP contribution in [0.15, 0.2) is 190 Å². The second kappa shape index (κ2) is 42.1. The van der Waals surface area contributed by atoms with Gasteiger partial charge in [0.2, 0.25) is 22.1 Å². The minimum absolute atomic E-state index is 0.0426. The summed E-state index contributed by atoms with van der Waals surface area (Å²) in [4.78, 5) is 97.0. The van der Waals surface area contributed by atoms with Crippen molar-refractivity contribution in [3.05, 3.63) is 324 Å². The van der Waals surface area contributed by atoms with Gasteiger partial charge in [0, 0.05) is 174 Å². The average Bonchev–Trinajstić information content (AvgIpc) is 0.551. The Morgan fingerprint density at radius 2 is 0.993 bits per heavy atom. The zero-order valence-electron chi connectivity index (χ0n) is 86.9. The smallest absolute Gasteiger partial charge is 0.336 e. The summed E-state index contributed by atoms with van der Waals surface area (Å²) in [6, 6.07) is 40.0. The predicted molar refractivity (Wildman–Crippen MR) is 570 cm³/mol. The Balaban J connectivity index is 0.000000134. The first kappa shape index (κ1) is 104. The largest absolute Gasteiger partial charge is 0.478 e. The molecule has 4 atom stereocenters. The fourth-order valence-corrected chi connectivity index (χ4v) is 23.7. The summed E-state index contributed by atoms with van der Waals surface area (Å²) in [7, 11) is -4.82. The van der Waals surface area contributed by atoms with Gasteiger partial charge in [-0.25, -0.2) is 33.7 Å².